The molecule has 388 valence electrons. The minimum absolute atomic E-state index is 0.00242. The highest BCUT2D eigenvalue weighted by molar-refractivity contribution is 5.88. The molecule has 5 N–H and O–H groups in total. The standard InChI is InChI=1S/C52H87N3O13/c1-13-40-52(10,61)45(57)34(4)42(53-63-27-21-20-26-55-24-18-15-19-25-55)32(2)29-50(8,60)47(68-49-43(56)39(28-33(3)64-49)54(11)31-38-22-16-14-17-23-38)35(5)44(36(6)48(59)66-40)67-41-30-51(9,62-12)46(58)37(7)65-41/h14,16-17,20-23,32-37,39-41,43-47,49,56-58,60-61H,13,15,18-19,24-31H2,1-12H3/b21-20+,53-42+/t32-,33-,34+,35+,36-,37+,39+,40-,41+,43-,44+,45-,46+,47-,49+,50+,51-,52-/m1/s1. The SMILES string of the molecule is CC[C@H]1OC(=O)[C@H](C)[C@@H](O[C@H]2C[C@@](C)(OC)[C@@H](O)[C@H](C)O2)[C@H](C)[C@@H](O[C@@H]2O[C@H](C)C[C@H](N(C)Cc3ccccc3)[C@H]2O)[C@@](C)(O)C[C@@H](C)/C(=N\OC/C=C/CN2CCCCC2)[C@H](C)[C@@H](O)[C@]1(C)O. The van der Waals surface area contributed by atoms with Crippen LogP contribution in [0.2, 0.25) is 0 Å². The van der Waals surface area contributed by atoms with Crippen molar-refractivity contribution in [2.45, 2.75) is 205 Å². The molecule has 4 saturated heterocycles. The van der Waals surface area contributed by atoms with E-state index < -0.39 is 102 Å². The maximum absolute atomic E-state index is 14.6. The van der Waals surface area contributed by atoms with Crippen molar-refractivity contribution in [2.75, 3.05) is 40.4 Å². The van der Waals surface area contributed by atoms with Gasteiger partial charge in [-0.05, 0) is 105 Å². The summed E-state index contributed by atoms with van der Waals surface area (Å²) in [5.41, 5.74) is -3.33. The first-order valence-corrected chi connectivity index (χ1v) is 25.2. The summed E-state index contributed by atoms with van der Waals surface area (Å²) < 4.78 is 38.4. The summed E-state index contributed by atoms with van der Waals surface area (Å²) in [6, 6.07) is 9.60. The lowest BCUT2D eigenvalue weighted by molar-refractivity contribution is -0.318. The van der Waals surface area contributed by atoms with Crippen LogP contribution in [0.5, 0.6) is 0 Å². The number of oxime groups is 1. The van der Waals surface area contributed by atoms with Crippen LogP contribution in [0.3, 0.4) is 0 Å². The minimum atomic E-state index is -1.95. The Labute approximate surface area is 406 Å². The molecule has 16 nitrogen and oxygen atoms in total. The van der Waals surface area contributed by atoms with E-state index in [0.29, 0.717) is 18.7 Å². The van der Waals surface area contributed by atoms with Crippen LogP contribution >= 0.6 is 0 Å². The fourth-order valence-corrected chi connectivity index (χ4v) is 11.1. The number of benzene rings is 1. The molecule has 68 heavy (non-hydrogen) atoms. The smallest absolute Gasteiger partial charge is 0.311 e. The van der Waals surface area contributed by atoms with Gasteiger partial charge in [-0.1, -0.05) is 75.7 Å². The Bertz CT molecular complexity index is 1760. The van der Waals surface area contributed by atoms with E-state index in [0.717, 1.165) is 25.2 Å². The van der Waals surface area contributed by atoms with Crippen LogP contribution in [-0.2, 0) is 44.6 Å². The van der Waals surface area contributed by atoms with Gasteiger partial charge in [-0.15, -0.1) is 0 Å². The van der Waals surface area contributed by atoms with Crippen molar-refractivity contribution in [1.82, 2.24) is 9.80 Å². The quantitative estimate of drug-likeness (QED) is 0.0705. The highest BCUT2D eigenvalue weighted by Crippen LogP contribution is 2.41. The Hall–Kier alpha value is -2.58. The second kappa shape index (κ2) is 24.7. The second-order valence-corrected chi connectivity index (χ2v) is 21.2. The lowest BCUT2D eigenvalue weighted by atomic mass is 9.73. The van der Waals surface area contributed by atoms with Crippen molar-refractivity contribution in [1.29, 1.82) is 0 Å². The number of esters is 1. The number of carbonyl (C=O) groups is 1. The average Bonchev–Trinajstić information content (AvgIpc) is 3.30. The van der Waals surface area contributed by atoms with Crippen molar-refractivity contribution < 1.29 is 63.6 Å². The van der Waals surface area contributed by atoms with Crippen LogP contribution < -0.4 is 0 Å². The molecule has 0 bridgehead atoms. The van der Waals surface area contributed by atoms with E-state index in [4.69, 9.17) is 33.3 Å². The summed E-state index contributed by atoms with van der Waals surface area (Å²) in [7, 11) is 3.46. The number of piperidine rings is 1. The number of methoxy groups -OCH3 is 1. The molecule has 0 aromatic heterocycles. The van der Waals surface area contributed by atoms with Crippen molar-refractivity contribution >= 4 is 11.7 Å². The first-order valence-electron chi connectivity index (χ1n) is 25.2. The summed E-state index contributed by atoms with van der Waals surface area (Å²) in [6.07, 6.45) is -1.97. The second-order valence-electron chi connectivity index (χ2n) is 21.2. The van der Waals surface area contributed by atoms with Gasteiger partial charge in [0.1, 0.15) is 30.5 Å². The number of likely N-dealkylation sites (N-methyl/N-ethyl adjacent to an activating group) is 1. The summed E-state index contributed by atoms with van der Waals surface area (Å²) in [5.74, 6) is -4.07. The first kappa shape index (κ1) is 56.3. The number of nitrogens with zero attached hydrogens (tertiary/aromatic N) is 3. The third kappa shape index (κ3) is 13.9. The molecule has 0 aliphatic carbocycles. The average molecular weight is 962 g/mol. The number of likely N-dealkylation sites (tertiary alicyclic amines) is 1. The molecule has 0 unspecified atom stereocenters. The summed E-state index contributed by atoms with van der Waals surface area (Å²) in [4.78, 5) is 25.0. The minimum Gasteiger partial charge on any atom is -0.459 e. The summed E-state index contributed by atoms with van der Waals surface area (Å²) in [5, 5.41) is 65.2. The van der Waals surface area contributed by atoms with E-state index in [1.54, 1.807) is 41.5 Å². The maximum Gasteiger partial charge on any atom is 0.311 e. The predicted octanol–water partition coefficient (Wildman–Crippen LogP) is 5.20. The van der Waals surface area contributed by atoms with E-state index in [1.165, 1.54) is 33.3 Å². The van der Waals surface area contributed by atoms with Crippen LogP contribution in [0, 0.1) is 23.7 Å². The zero-order valence-electron chi connectivity index (χ0n) is 43.0. The van der Waals surface area contributed by atoms with Crippen molar-refractivity contribution in [3.8, 4) is 0 Å². The molecule has 4 heterocycles. The predicted molar refractivity (Wildman–Crippen MR) is 258 cm³/mol. The van der Waals surface area contributed by atoms with Gasteiger partial charge in [0.2, 0.25) is 0 Å². The molecule has 1 aromatic rings. The zero-order valence-corrected chi connectivity index (χ0v) is 43.0. The molecule has 4 aliphatic rings. The fraction of sp³-hybridized carbons (Fsp3) is 0.808. The monoisotopic (exact) mass is 962 g/mol. The number of carbonyl (C=O) groups excluding carboxylic acids is 1. The number of aliphatic hydroxyl groups excluding tert-OH is 3. The fourth-order valence-electron chi connectivity index (χ4n) is 11.1. The van der Waals surface area contributed by atoms with Crippen molar-refractivity contribution in [3.05, 3.63) is 48.0 Å². The van der Waals surface area contributed by atoms with E-state index in [2.05, 4.69) is 21.0 Å². The van der Waals surface area contributed by atoms with Crippen molar-refractivity contribution in [2.24, 2.45) is 28.8 Å². The number of cyclic esters (lactones) is 1. The topological polar surface area (TPSA) is 202 Å². The number of rotatable bonds is 14. The normalized spacial score (nSPS) is 42.5. The number of ether oxygens (including phenoxy) is 6. The summed E-state index contributed by atoms with van der Waals surface area (Å²) >= 11 is 0. The van der Waals surface area contributed by atoms with Gasteiger partial charge >= 0.3 is 5.97 Å². The molecule has 4 aliphatic heterocycles. The molecular formula is C52H87N3O13. The molecule has 18 atom stereocenters. The Kier molecular flexibility index (Phi) is 20.5. The number of hydrogen-bond acceptors (Lipinski definition) is 16. The van der Waals surface area contributed by atoms with Gasteiger partial charge in [-0.25, -0.2) is 0 Å². The Morgan fingerprint density at radius 1 is 0.897 bits per heavy atom. The van der Waals surface area contributed by atoms with Gasteiger partial charge < -0.3 is 58.8 Å². The van der Waals surface area contributed by atoms with Crippen molar-refractivity contribution in [3.63, 3.8) is 0 Å². The van der Waals surface area contributed by atoms with Crippen LogP contribution in [-0.4, -0.2) is 172 Å². The third-order valence-corrected chi connectivity index (χ3v) is 15.4. The summed E-state index contributed by atoms with van der Waals surface area (Å²) in [6.45, 7) is 21.0. The molecule has 1 aromatic carbocycles. The van der Waals surface area contributed by atoms with Gasteiger partial charge in [-0.3, -0.25) is 14.6 Å². The van der Waals surface area contributed by atoms with E-state index in [1.807, 2.05) is 64.2 Å². The van der Waals surface area contributed by atoms with Crippen LogP contribution in [0.1, 0.15) is 120 Å². The van der Waals surface area contributed by atoms with Gasteiger partial charge in [0, 0.05) is 50.4 Å². The number of hydrogen-bond donors (Lipinski definition) is 5. The van der Waals surface area contributed by atoms with E-state index in [-0.39, 0.29) is 38.0 Å². The maximum atomic E-state index is 14.6. The van der Waals surface area contributed by atoms with Gasteiger partial charge in [0.25, 0.3) is 0 Å². The Morgan fingerprint density at radius 2 is 1.57 bits per heavy atom. The highest BCUT2D eigenvalue weighted by atomic mass is 16.7. The van der Waals surface area contributed by atoms with Crippen LogP contribution in [0.15, 0.2) is 47.6 Å². The lowest BCUT2D eigenvalue weighted by Crippen LogP contribution is -2.61. The molecule has 0 amide bonds. The van der Waals surface area contributed by atoms with Crippen LogP contribution in [0.25, 0.3) is 0 Å². The Balaban J connectivity index is 1.56. The Morgan fingerprint density at radius 3 is 2.22 bits per heavy atom. The first-order chi connectivity index (χ1) is 32.0. The van der Waals surface area contributed by atoms with Crippen LogP contribution in [0.4, 0.5) is 0 Å². The van der Waals surface area contributed by atoms with E-state index in [9.17, 15) is 30.3 Å². The van der Waals surface area contributed by atoms with Gasteiger partial charge in [0.15, 0.2) is 12.6 Å². The largest absolute Gasteiger partial charge is 0.459 e. The number of aliphatic hydroxyl groups is 5. The molecular weight excluding hydrogens is 875 g/mol. The highest BCUT2D eigenvalue weighted by Gasteiger charge is 2.53. The molecule has 16 heteroatoms. The van der Waals surface area contributed by atoms with Gasteiger partial charge in [0.05, 0.1) is 53.4 Å². The zero-order chi connectivity index (χ0) is 50.1. The van der Waals surface area contributed by atoms with Gasteiger partial charge in [-0.2, -0.15) is 0 Å². The molecule has 0 saturated carbocycles. The molecule has 0 spiro atoms. The lowest BCUT2D eigenvalue weighted by Gasteiger charge is -2.49. The molecule has 4 fully saturated rings. The molecule has 0 radical (unpaired) electrons. The van der Waals surface area contributed by atoms with E-state index >= 15 is 0 Å². The third-order valence-electron chi connectivity index (χ3n) is 15.4. The molecule has 5 rings (SSSR count).